The van der Waals surface area contributed by atoms with E-state index >= 15 is 0 Å². The number of hydrogen-bond acceptors (Lipinski definition) is 5. The van der Waals surface area contributed by atoms with Crippen molar-refractivity contribution in [2.24, 2.45) is 0 Å². The van der Waals surface area contributed by atoms with Crippen molar-refractivity contribution < 1.29 is 17.9 Å². The number of furan rings is 1. The summed E-state index contributed by atoms with van der Waals surface area (Å²) in [5.74, 6) is 0.208. The summed E-state index contributed by atoms with van der Waals surface area (Å²) in [6.45, 7) is 1.51. The summed E-state index contributed by atoms with van der Waals surface area (Å²) >= 11 is 4.69. The van der Waals surface area contributed by atoms with Crippen LogP contribution in [0.2, 0.25) is 0 Å². The number of aliphatic hydroxyl groups excluding tert-OH is 1. The molecule has 0 saturated heterocycles. The van der Waals surface area contributed by atoms with Gasteiger partial charge in [-0.1, -0.05) is 6.07 Å². The highest BCUT2D eigenvalue weighted by atomic mass is 79.9. The van der Waals surface area contributed by atoms with Gasteiger partial charge in [0.2, 0.25) is 10.0 Å². The van der Waals surface area contributed by atoms with Gasteiger partial charge in [-0.05, 0) is 40.7 Å². The van der Waals surface area contributed by atoms with Crippen LogP contribution in [0.4, 0.5) is 0 Å². The Kier molecular flexibility index (Phi) is 5.26. The molecule has 2 heterocycles. The summed E-state index contributed by atoms with van der Waals surface area (Å²) in [5.41, 5.74) is 0. The molecule has 8 heteroatoms. The van der Waals surface area contributed by atoms with Crippen molar-refractivity contribution in [1.29, 1.82) is 0 Å². The lowest BCUT2D eigenvalue weighted by Crippen LogP contribution is -2.36. The number of likely N-dealkylation sites (N-methyl/N-ethyl adjacent to an activating group) is 1. The van der Waals surface area contributed by atoms with Crippen molar-refractivity contribution in [3.8, 4) is 0 Å². The SMILES string of the molecule is CC(Cc1cccs1)N(C)S(=O)(=O)c1cc(CO)oc1Br. The summed E-state index contributed by atoms with van der Waals surface area (Å²) < 4.78 is 31.8. The predicted octanol–water partition coefficient (Wildman–Crippen LogP) is 2.85. The van der Waals surface area contributed by atoms with Crippen LogP contribution in [0.5, 0.6) is 0 Å². The van der Waals surface area contributed by atoms with Crippen LogP contribution in [-0.2, 0) is 23.1 Å². The lowest BCUT2D eigenvalue weighted by atomic mass is 10.2. The van der Waals surface area contributed by atoms with Crippen LogP contribution in [0.15, 0.2) is 37.6 Å². The molecule has 2 rings (SSSR count). The van der Waals surface area contributed by atoms with E-state index in [1.807, 2.05) is 24.4 Å². The fraction of sp³-hybridized carbons (Fsp3) is 0.385. The molecule has 2 aromatic rings. The highest BCUT2D eigenvalue weighted by Crippen LogP contribution is 2.29. The van der Waals surface area contributed by atoms with Gasteiger partial charge >= 0.3 is 0 Å². The van der Waals surface area contributed by atoms with Crippen LogP contribution in [0.1, 0.15) is 17.6 Å². The van der Waals surface area contributed by atoms with Crippen molar-refractivity contribution in [1.82, 2.24) is 4.31 Å². The monoisotopic (exact) mass is 393 g/mol. The van der Waals surface area contributed by atoms with Gasteiger partial charge in [0.1, 0.15) is 17.3 Å². The van der Waals surface area contributed by atoms with Gasteiger partial charge in [-0.2, -0.15) is 4.31 Å². The van der Waals surface area contributed by atoms with Crippen molar-refractivity contribution in [2.75, 3.05) is 7.05 Å². The first kappa shape index (κ1) is 16.7. The molecule has 1 unspecified atom stereocenters. The molecule has 0 radical (unpaired) electrons. The third-order valence-electron chi connectivity index (χ3n) is 3.22. The average molecular weight is 394 g/mol. The number of hydrogen-bond donors (Lipinski definition) is 1. The van der Waals surface area contributed by atoms with Gasteiger partial charge in [-0.25, -0.2) is 8.42 Å². The molecule has 0 bridgehead atoms. The summed E-state index contributed by atoms with van der Waals surface area (Å²) in [6.07, 6.45) is 0.649. The van der Waals surface area contributed by atoms with E-state index < -0.39 is 10.0 Å². The third kappa shape index (κ3) is 3.57. The number of sulfonamides is 1. The Labute approximate surface area is 136 Å². The highest BCUT2D eigenvalue weighted by Gasteiger charge is 2.30. The fourth-order valence-corrected chi connectivity index (χ4v) is 5.04. The molecule has 0 aliphatic rings. The van der Waals surface area contributed by atoms with Crippen LogP contribution < -0.4 is 0 Å². The van der Waals surface area contributed by atoms with E-state index in [9.17, 15) is 8.42 Å². The first-order chi connectivity index (χ1) is 9.86. The zero-order valence-electron chi connectivity index (χ0n) is 11.6. The van der Waals surface area contributed by atoms with E-state index in [0.717, 1.165) is 4.88 Å². The van der Waals surface area contributed by atoms with Gasteiger partial charge in [-0.15, -0.1) is 11.3 Å². The van der Waals surface area contributed by atoms with Gasteiger partial charge in [0.05, 0.1) is 0 Å². The molecule has 0 spiro atoms. The van der Waals surface area contributed by atoms with E-state index in [2.05, 4.69) is 15.9 Å². The predicted molar refractivity (Wildman–Crippen MR) is 84.8 cm³/mol. The Bertz CT molecular complexity index is 694. The second-order valence-electron chi connectivity index (χ2n) is 4.66. The minimum Gasteiger partial charge on any atom is -0.450 e. The Morgan fingerprint density at radius 1 is 1.52 bits per heavy atom. The van der Waals surface area contributed by atoms with Gasteiger partial charge in [0, 0.05) is 24.0 Å². The average Bonchev–Trinajstić information content (AvgIpc) is 3.07. The lowest BCUT2D eigenvalue weighted by molar-refractivity contribution is 0.245. The Morgan fingerprint density at radius 3 is 2.76 bits per heavy atom. The summed E-state index contributed by atoms with van der Waals surface area (Å²) in [6, 6.07) is 5.09. The first-order valence-corrected chi connectivity index (χ1v) is 9.37. The first-order valence-electron chi connectivity index (χ1n) is 6.25. The molecule has 0 saturated carbocycles. The molecule has 0 amide bonds. The molecule has 5 nitrogen and oxygen atoms in total. The minimum absolute atomic E-state index is 0.0343. The van der Waals surface area contributed by atoms with Gasteiger partial charge < -0.3 is 9.52 Å². The zero-order valence-corrected chi connectivity index (χ0v) is 14.8. The van der Waals surface area contributed by atoms with Crippen LogP contribution in [0.3, 0.4) is 0 Å². The quantitative estimate of drug-likeness (QED) is 0.818. The number of halogens is 1. The number of aliphatic hydroxyl groups is 1. The molecular formula is C13H16BrNO4S2. The molecule has 0 fully saturated rings. The second kappa shape index (κ2) is 6.62. The Hall–Kier alpha value is -0.670. The largest absolute Gasteiger partial charge is 0.450 e. The fourth-order valence-electron chi connectivity index (χ4n) is 1.89. The van der Waals surface area contributed by atoms with Gasteiger partial charge in [-0.3, -0.25) is 0 Å². The maximum atomic E-state index is 12.6. The maximum absolute atomic E-state index is 12.6. The van der Waals surface area contributed by atoms with E-state index in [4.69, 9.17) is 9.52 Å². The molecule has 21 heavy (non-hydrogen) atoms. The molecule has 0 aliphatic heterocycles. The highest BCUT2D eigenvalue weighted by molar-refractivity contribution is 9.10. The smallest absolute Gasteiger partial charge is 0.247 e. The van der Waals surface area contributed by atoms with Crippen molar-refractivity contribution in [3.63, 3.8) is 0 Å². The lowest BCUT2D eigenvalue weighted by Gasteiger charge is -2.23. The molecule has 116 valence electrons. The number of thiophene rings is 1. The van der Waals surface area contributed by atoms with Crippen LogP contribution in [-0.4, -0.2) is 30.9 Å². The van der Waals surface area contributed by atoms with Crippen molar-refractivity contribution in [3.05, 3.63) is 38.9 Å². The van der Waals surface area contributed by atoms with Crippen LogP contribution in [0, 0.1) is 0 Å². The molecule has 2 aromatic heterocycles. The molecule has 1 atom stereocenters. The van der Waals surface area contributed by atoms with Crippen LogP contribution in [0.25, 0.3) is 0 Å². The summed E-state index contributed by atoms with van der Waals surface area (Å²) in [7, 11) is -2.13. The van der Waals surface area contributed by atoms with E-state index in [1.54, 1.807) is 18.4 Å². The Balaban J connectivity index is 2.23. The van der Waals surface area contributed by atoms with Crippen molar-refractivity contribution >= 4 is 37.3 Å². The van der Waals surface area contributed by atoms with Gasteiger partial charge in [0.15, 0.2) is 4.67 Å². The standard InChI is InChI=1S/C13H16BrNO4S2/c1-9(6-11-4-3-5-20-11)15(2)21(17,18)12-7-10(8-16)19-13(12)14/h3-5,7,9,16H,6,8H2,1-2H3. The number of rotatable bonds is 6. The van der Waals surface area contributed by atoms with Crippen LogP contribution >= 0.6 is 27.3 Å². The molecule has 0 aromatic carbocycles. The number of nitrogens with zero attached hydrogens (tertiary/aromatic N) is 1. The zero-order chi connectivity index (χ0) is 15.6. The molecule has 1 N–H and O–H groups in total. The van der Waals surface area contributed by atoms with E-state index in [1.165, 1.54) is 10.4 Å². The normalized spacial score (nSPS) is 13.8. The molecular weight excluding hydrogens is 378 g/mol. The second-order valence-corrected chi connectivity index (χ2v) is 8.38. The van der Waals surface area contributed by atoms with Gasteiger partial charge in [0.25, 0.3) is 0 Å². The molecule has 0 aliphatic carbocycles. The maximum Gasteiger partial charge on any atom is 0.247 e. The van der Waals surface area contributed by atoms with E-state index in [-0.39, 0.29) is 28.0 Å². The summed E-state index contributed by atoms with van der Waals surface area (Å²) in [4.78, 5) is 1.17. The topological polar surface area (TPSA) is 70.8 Å². The minimum atomic E-state index is -3.68. The summed E-state index contributed by atoms with van der Waals surface area (Å²) in [5, 5.41) is 11.0. The van der Waals surface area contributed by atoms with E-state index in [0.29, 0.717) is 6.42 Å². The van der Waals surface area contributed by atoms with Crippen molar-refractivity contribution in [2.45, 2.75) is 30.9 Å². The Morgan fingerprint density at radius 2 is 2.24 bits per heavy atom. The third-order valence-corrected chi connectivity index (χ3v) is 6.94.